The first kappa shape index (κ1) is 19.4. The van der Waals surface area contributed by atoms with Crippen molar-refractivity contribution >= 4 is 5.91 Å². The number of carbonyl (C=O) groups is 1. The van der Waals surface area contributed by atoms with Crippen molar-refractivity contribution in [2.75, 3.05) is 14.1 Å². The number of carbonyl (C=O) groups excluding carboxylic acids is 1. The lowest BCUT2D eigenvalue weighted by molar-refractivity contribution is 0.0827. The van der Waals surface area contributed by atoms with Crippen molar-refractivity contribution in [3.63, 3.8) is 0 Å². The topological polar surface area (TPSA) is 85.0 Å². The van der Waals surface area contributed by atoms with Gasteiger partial charge >= 0.3 is 0 Å². The summed E-state index contributed by atoms with van der Waals surface area (Å²) in [5.41, 5.74) is 5.29. The number of aryl methyl sites for hydroxylation is 2. The van der Waals surface area contributed by atoms with Crippen LogP contribution in [0.25, 0.3) is 34.3 Å². The van der Waals surface area contributed by atoms with Gasteiger partial charge in [0.1, 0.15) is 5.69 Å². The van der Waals surface area contributed by atoms with E-state index in [2.05, 4.69) is 15.2 Å². The molecule has 1 amide bonds. The van der Waals surface area contributed by atoms with Crippen molar-refractivity contribution in [1.82, 2.24) is 25.1 Å². The van der Waals surface area contributed by atoms with Crippen LogP contribution in [0.15, 0.2) is 59.1 Å². The zero-order valence-electron chi connectivity index (χ0n) is 17.2. The molecule has 0 saturated heterocycles. The number of aromatic nitrogens is 4. The fraction of sp³-hybridized carbons (Fsp3) is 0.174. The summed E-state index contributed by atoms with van der Waals surface area (Å²) in [6, 6.07) is 15.1. The average Bonchev–Trinajstić information content (AvgIpc) is 3.23. The van der Waals surface area contributed by atoms with Crippen molar-refractivity contribution < 1.29 is 10.6 Å². The first-order valence-electron chi connectivity index (χ1n) is 9.49. The minimum Gasteiger partial charge on any atom is -0.415 e. The third-order valence-corrected chi connectivity index (χ3v) is 4.79. The Hall–Kier alpha value is -3.87. The molecule has 30 heavy (non-hydrogen) atoms. The molecule has 0 atom stereocenters. The summed E-state index contributed by atoms with van der Waals surface area (Å²) < 4.78 is 5.91. The predicted molar refractivity (Wildman–Crippen MR) is 116 cm³/mol. The SMILES string of the molecule is Cc1ccccc1-c1nnc(-c2nc(-c3ccc(C(=O)N(C)C)cc3)cnc2C)o1.[HH]. The summed E-state index contributed by atoms with van der Waals surface area (Å²) in [6.07, 6.45) is 1.69. The molecule has 4 aromatic rings. The summed E-state index contributed by atoms with van der Waals surface area (Å²) in [7, 11) is 3.45. The highest BCUT2D eigenvalue weighted by Crippen LogP contribution is 2.28. The average molecular weight is 401 g/mol. The second kappa shape index (κ2) is 7.87. The molecule has 7 nitrogen and oxygen atoms in total. The van der Waals surface area contributed by atoms with Gasteiger partial charge < -0.3 is 9.32 Å². The van der Waals surface area contributed by atoms with Crippen molar-refractivity contribution in [3.8, 4) is 34.3 Å². The molecule has 0 aliphatic carbocycles. The van der Waals surface area contributed by atoms with Crippen LogP contribution in [0.3, 0.4) is 0 Å². The summed E-state index contributed by atoms with van der Waals surface area (Å²) >= 11 is 0. The number of nitrogens with zero attached hydrogens (tertiary/aromatic N) is 5. The number of amides is 1. The molecule has 0 spiro atoms. The van der Waals surface area contributed by atoms with Gasteiger partial charge in [-0.25, -0.2) is 4.98 Å². The zero-order valence-corrected chi connectivity index (χ0v) is 17.2. The van der Waals surface area contributed by atoms with E-state index in [0.717, 1.165) is 16.7 Å². The third-order valence-electron chi connectivity index (χ3n) is 4.79. The van der Waals surface area contributed by atoms with Gasteiger partial charge in [-0.05, 0) is 37.6 Å². The molecule has 0 unspecified atom stereocenters. The summed E-state index contributed by atoms with van der Waals surface area (Å²) in [4.78, 5) is 22.8. The smallest absolute Gasteiger partial charge is 0.268 e. The molecular formula is C23H23N5O2. The molecule has 2 aromatic carbocycles. The lowest BCUT2D eigenvalue weighted by atomic mass is 10.1. The van der Waals surface area contributed by atoms with Gasteiger partial charge in [0.25, 0.3) is 11.8 Å². The zero-order chi connectivity index (χ0) is 21.3. The molecule has 0 radical (unpaired) electrons. The van der Waals surface area contributed by atoms with Gasteiger partial charge in [0, 0.05) is 32.2 Å². The maximum absolute atomic E-state index is 12.1. The Morgan fingerprint density at radius 2 is 1.67 bits per heavy atom. The van der Waals surface area contributed by atoms with Gasteiger partial charge in [-0.2, -0.15) is 0 Å². The number of rotatable bonds is 4. The van der Waals surface area contributed by atoms with E-state index in [1.807, 2.05) is 50.2 Å². The first-order chi connectivity index (χ1) is 14.4. The second-order valence-corrected chi connectivity index (χ2v) is 7.19. The monoisotopic (exact) mass is 401 g/mol. The Labute approximate surface area is 175 Å². The van der Waals surface area contributed by atoms with Crippen LogP contribution in [0.4, 0.5) is 0 Å². The van der Waals surface area contributed by atoms with Gasteiger partial charge in [0.05, 0.1) is 17.6 Å². The van der Waals surface area contributed by atoms with Crippen molar-refractivity contribution in [1.29, 1.82) is 0 Å². The molecule has 0 N–H and O–H groups in total. The van der Waals surface area contributed by atoms with E-state index >= 15 is 0 Å². The molecule has 4 rings (SSSR count). The predicted octanol–water partition coefficient (Wildman–Crippen LogP) is 4.43. The fourth-order valence-electron chi connectivity index (χ4n) is 3.07. The van der Waals surface area contributed by atoms with Crippen molar-refractivity contribution in [2.24, 2.45) is 0 Å². The quantitative estimate of drug-likeness (QED) is 0.503. The van der Waals surface area contributed by atoms with Crippen LogP contribution in [0.5, 0.6) is 0 Å². The lowest BCUT2D eigenvalue weighted by Gasteiger charge is -2.10. The van der Waals surface area contributed by atoms with Gasteiger partial charge in [-0.1, -0.05) is 30.3 Å². The molecule has 2 aromatic heterocycles. The van der Waals surface area contributed by atoms with E-state index in [1.165, 1.54) is 0 Å². The fourth-order valence-corrected chi connectivity index (χ4v) is 3.07. The van der Waals surface area contributed by atoms with Crippen LogP contribution in [-0.4, -0.2) is 45.1 Å². The molecule has 0 aliphatic heterocycles. The highest BCUT2D eigenvalue weighted by Gasteiger charge is 2.17. The van der Waals surface area contributed by atoms with Gasteiger partial charge in [-0.3, -0.25) is 9.78 Å². The Balaban J connectivity index is 0.00000272. The van der Waals surface area contributed by atoms with E-state index < -0.39 is 0 Å². The Kier molecular flexibility index (Phi) is 5.10. The van der Waals surface area contributed by atoms with E-state index in [0.29, 0.717) is 34.4 Å². The molecular weight excluding hydrogens is 378 g/mol. The molecule has 0 fully saturated rings. The molecule has 0 aliphatic rings. The number of hydrogen-bond acceptors (Lipinski definition) is 6. The highest BCUT2D eigenvalue weighted by atomic mass is 16.4. The second-order valence-electron chi connectivity index (χ2n) is 7.19. The molecule has 7 heteroatoms. The van der Waals surface area contributed by atoms with E-state index in [1.54, 1.807) is 37.3 Å². The number of benzene rings is 2. The maximum Gasteiger partial charge on any atom is 0.268 e. The Bertz CT molecular complexity index is 1220. The Morgan fingerprint density at radius 3 is 2.37 bits per heavy atom. The van der Waals surface area contributed by atoms with Crippen LogP contribution in [0, 0.1) is 13.8 Å². The van der Waals surface area contributed by atoms with E-state index in [9.17, 15) is 4.79 Å². The first-order valence-corrected chi connectivity index (χ1v) is 9.49. The summed E-state index contributed by atoms with van der Waals surface area (Å²) in [5, 5.41) is 8.38. The largest absolute Gasteiger partial charge is 0.415 e. The van der Waals surface area contributed by atoms with Crippen LogP contribution >= 0.6 is 0 Å². The molecule has 152 valence electrons. The van der Waals surface area contributed by atoms with Crippen LogP contribution < -0.4 is 0 Å². The summed E-state index contributed by atoms with van der Waals surface area (Å²) in [5.74, 6) is 0.715. The van der Waals surface area contributed by atoms with Gasteiger partial charge in [0.2, 0.25) is 5.89 Å². The highest BCUT2D eigenvalue weighted by molar-refractivity contribution is 5.94. The molecule has 2 heterocycles. The van der Waals surface area contributed by atoms with E-state index in [4.69, 9.17) is 9.40 Å². The van der Waals surface area contributed by atoms with Crippen molar-refractivity contribution in [2.45, 2.75) is 13.8 Å². The van der Waals surface area contributed by atoms with Gasteiger partial charge in [0.15, 0.2) is 0 Å². The van der Waals surface area contributed by atoms with E-state index in [-0.39, 0.29) is 7.33 Å². The standard InChI is InChI=1S/C23H21N5O2.H2/c1-14-7-5-6-8-18(14)21-26-27-22(30-21)20-15(2)24-13-19(25-20)16-9-11-17(12-10-16)23(29)28(3)4;/h5-13H,1-4H3;1H. The lowest BCUT2D eigenvalue weighted by Crippen LogP contribution is -2.21. The maximum atomic E-state index is 12.1. The molecule has 0 bridgehead atoms. The van der Waals surface area contributed by atoms with Crippen LogP contribution in [-0.2, 0) is 0 Å². The molecule has 0 saturated carbocycles. The van der Waals surface area contributed by atoms with Crippen molar-refractivity contribution in [3.05, 3.63) is 71.5 Å². The number of hydrogen-bond donors (Lipinski definition) is 0. The third kappa shape index (κ3) is 3.69. The Morgan fingerprint density at radius 1 is 0.967 bits per heavy atom. The normalized spacial score (nSPS) is 10.8. The minimum atomic E-state index is -0.0492. The van der Waals surface area contributed by atoms with Crippen LogP contribution in [0.1, 0.15) is 23.0 Å². The minimum absolute atomic E-state index is 0. The summed E-state index contributed by atoms with van der Waals surface area (Å²) in [6.45, 7) is 3.85. The van der Waals surface area contributed by atoms with Gasteiger partial charge in [-0.15, -0.1) is 10.2 Å². The van der Waals surface area contributed by atoms with Crippen LogP contribution in [0.2, 0.25) is 0 Å².